The fourth-order valence-corrected chi connectivity index (χ4v) is 5.35. The van der Waals surface area contributed by atoms with E-state index in [1.807, 2.05) is 17.5 Å². The summed E-state index contributed by atoms with van der Waals surface area (Å²) in [7, 11) is 0. The van der Waals surface area contributed by atoms with Crippen molar-refractivity contribution in [2.24, 2.45) is 5.92 Å². The van der Waals surface area contributed by atoms with Crippen LogP contribution < -0.4 is 9.64 Å². The van der Waals surface area contributed by atoms with Crippen molar-refractivity contribution in [3.05, 3.63) is 23.7 Å². The van der Waals surface area contributed by atoms with Crippen molar-refractivity contribution in [1.29, 1.82) is 0 Å². The summed E-state index contributed by atoms with van der Waals surface area (Å²) in [5.41, 5.74) is 2.26. The monoisotopic (exact) mass is 442 g/mol. The van der Waals surface area contributed by atoms with E-state index in [4.69, 9.17) is 18.9 Å². The van der Waals surface area contributed by atoms with E-state index in [-0.39, 0.29) is 12.1 Å². The first-order valence-corrected chi connectivity index (χ1v) is 11.3. The largest absolute Gasteiger partial charge is 0.493 e. The van der Waals surface area contributed by atoms with Crippen LogP contribution in [0.15, 0.2) is 28.1 Å². The molecular weight excluding hydrogens is 420 g/mol. The number of amides is 1. The zero-order valence-corrected chi connectivity index (χ0v) is 17.6. The van der Waals surface area contributed by atoms with Gasteiger partial charge in [0.15, 0.2) is 5.58 Å². The summed E-state index contributed by atoms with van der Waals surface area (Å²) in [6, 6.07) is 4.35. The van der Waals surface area contributed by atoms with Crippen molar-refractivity contribution < 1.29 is 23.8 Å². The maximum Gasteiger partial charge on any atom is 0.407 e. The third-order valence-corrected chi connectivity index (χ3v) is 7.09. The number of benzene rings is 1. The van der Waals surface area contributed by atoms with Gasteiger partial charge in [-0.25, -0.2) is 9.78 Å². The van der Waals surface area contributed by atoms with Crippen molar-refractivity contribution in [2.45, 2.75) is 24.9 Å². The average molecular weight is 442 g/mol. The number of anilines is 1. The van der Waals surface area contributed by atoms with Gasteiger partial charge in [0.1, 0.15) is 16.3 Å². The third-order valence-electron chi connectivity index (χ3n) is 6.28. The van der Waals surface area contributed by atoms with Gasteiger partial charge in [0, 0.05) is 36.7 Å². The molecule has 2 atom stereocenters. The first kappa shape index (κ1) is 18.9. The Kier molecular flexibility index (Phi) is 4.50. The minimum absolute atomic E-state index is 0.0201. The molecule has 3 aliphatic heterocycles. The van der Waals surface area contributed by atoms with Crippen LogP contribution in [-0.4, -0.2) is 71.1 Å². The van der Waals surface area contributed by atoms with Gasteiger partial charge >= 0.3 is 6.09 Å². The lowest BCUT2D eigenvalue weighted by Gasteiger charge is -2.38. The molecule has 1 aromatic carbocycles. The second-order valence-electron chi connectivity index (χ2n) is 8.35. The fourth-order valence-electron chi connectivity index (χ4n) is 4.70. The Balaban J connectivity index is 1.33. The van der Waals surface area contributed by atoms with Gasteiger partial charge < -0.3 is 23.9 Å². The molecule has 3 fully saturated rings. The number of rotatable bonds is 5. The van der Waals surface area contributed by atoms with Gasteiger partial charge in [0.2, 0.25) is 0 Å². The summed E-state index contributed by atoms with van der Waals surface area (Å²) in [6.07, 6.45) is 2.68. The SMILES string of the molecule is O=C(O)N1C2CCC1CN(c1nc3cc(OCC4COC4)cc(-c4nccs4)c3o1)C2. The zero-order chi connectivity index (χ0) is 20.9. The quantitative estimate of drug-likeness (QED) is 0.642. The molecule has 5 heterocycles. The van der Waals surface area contributed by atoms with Crippen molar-refractivity contribution >= 4 is 34.5 Å². The number of carbonyl (C=O) groups is 1. The number of piperazine rings is 1. The van der Waals surface area contributed by atoms with Gasteiger partial charge in [-0.2, -0.15) is 4.98 Å². The summed E-state index contributed by atoms with van der Waals surface area (Å²) >= 11 is 1.54. The highest BCUT2D eigenvalue weighted by Crippen LogP contribution is 2.38. The first-order chi connectivity index (χ1) is 15.2. The summed E-state index contributed by atoms with van der Waals surface area (Å²) in [5, 5.41) is 12.3. The lowest BCUT2D eigenvalue weighted by molar-refractivity contribution is -0.0508. The maximum absolute atomic E-state index is 11.6. The second-order valence-corrected chi connectivity index (χ2v) is 9.24. The van der Waals surface area contributed by atoms with E-state index >= 15 is 0 Å². The predicted octanol–water partition coefficient (Wildman–Crippen LogP) is 3.31. The molecule has 162 valence electrons. The van der Waals surface area contributed by atoms with Crippen LogP contribution in [0.1, 0.15) is 12.8 Å². The van der Waals surface area contributed by atoms with Crippen LogP contribution in [0, 0.1) is 5.92 Å². The number of hydrogen-bond acceptors (Lipinski definition) is 8. The topological polar surface area (TPSA) is 101 Å². The molecule has 2 bridgehead atoms. The molecule has 9 nitrogen and oxygen atoms in total. The molecule has 10 heteroatoms. The van der Waals surface area contributed by atoms with Crippen molar-refractivity contribution in [1.82, 2.24) is 14.9 Å². The molecule has 0 radical (unpaired) electrons. The summed E-state index contributed by atoms with van der Waals surface area (Å²) in [4.78, 5) is 24.5. The fraction of sp³-hybridized carbons (Fsp3) is 0.476. The van der Waals surface area contributed by atoms with Crippen LogP contribution in [0.3, 0.4) is 0 Å². The molecule has 6 rings (SSSR count). The number of oxazole rings is 1. The molecule has 0 aliphatic carbocycles. The van der Waals surface area contributed by atoms with E-state index in [2.05, 4.69) is 9.88 Å². The maximum atomic E-state index is 11.6. The summed E-state index contributed by atoms with van der Waals surface area (Å²) in [5.74, 6) is 1.16. The van der Waals surface area contributed by atoms with Crippen LogP contribution in [0.4, 0.5) is 10.8 Å². The summed E-state index contributed by atoms with van der Waals surface area (Å²) < 4.78 is 17.5. The predicted molar refractivity (Wildman–Crippen MR) is 114 cm³/mol. The van der Waals surface area contributed by atoms with Gasteiger partial charge in [0.25, 0.3) is 6.01 Å². The number of carboxylic acid groups (broad SMARTS) is 1. The van der Waals surface area contributed by atoms with E-state index in [1.165, 1.54) is 11.3 Å². The number of nitrogens with zero attached hydrogens (tertiary/aromatic N) is 4. The first-order valence-electron chi connectivity index (χ1n) is 10.5. The van der Waals surface area contributed by atoms with Gasteiger partial charge in [-0.1, -0.05) is 0 Å². The number of hydrogen-bond donors (Lipinski definition) is 1. The molecule has 3 aliphatic rings. The highest BCUT2D eigenvalue weighted by atomic mass is 32.1. The molecule has 1 amide bonds. The minimum atomic E-state index is -0.838. The Hall–Kier alpha value is -2.85. The lowest BCUT2D eigenvalue weighted by atomic mass is 10.1. The van der Waals surface area contributed by atoms with Gasteiger partial charge in [-0.05, 0) is 18.9 Å². The lowest BCUT2D eigenvalue weighted by Crippen LogP contribution is -2.55. The Bertz CT molecular complexity index is 1100. The summed E-state index contributed by atoms with van der Waals surface area (Å²) in [6.45, 7) is 3.26. The van der Waals surface area contributed by atoms with Crippen LogP contribution in [-0.2, 0) is 4.74 Å². The smallest absolute Gasteiger partial charge is 0.407 e. The van der Waals surface area contributed by atoms with E-state index in [1.54, 1.807) is 11.1 Å². The number of thiazole rings is 1. The normalized spacial score (nSPS) is 23.4. The van der Waals surface area contributed by atoms with E-state index < -0.39 is 6.09 Å². The van der Waals surface area contributed by atoms with Crippen LogP contribution >= 0.6 is 11.3 Å². The zero-order valence-electron chi connectivity index (χ0n) is 16.8. The Labute approximate surface area is 182 Å². The standard InChI is InChI=1S/C21H22N4O5S/c26-21(27)25-13-1-2-14(25)8-24(7-13)20-23-17-6-15(29-11-12-9-28-10-12)5-16(18(17)30-20)19-22-3-4-31-19/h3-6,12-14H,1-2,7-11H2,(H,26,27). The molecule has 0 saturated carbocycles. The Morgan fingerprint density at radius 1 is 1.26 bits per heavy atom. The molecule has 1 N–H and O–H groups in total. The molecule has 3 aromatic rings. The number of aromatic nitrogens is 2. The van der Waals surface area contributed by atoms with Crippen molar-refractivity contribution in [3.63, 3.8) is 0 Å². The van der Waals surface area contributed by atoms with E-state index in [0.717, 1.165) is 47.9 Å². The number of ether oxygens (including phenoxy) is 2. The second kappa shape index (κ2) is 7.38. The van der Waals surface area contributed by atoms with Crippen LogP contribution in [0.25, 0.3) is 21.7 Å². The third kappa shape index (κ3) is 3.30. The average Bonchev–Trinajstić information content (AvgIpc) is 3.44. The van der Waals surface area contributed by atoms with Gasteiger partial charge in [0.05, 0.1) is 37.5 Å². The van der Waals surface area contributed by atoms with E-state index in [0.29, 0.717) is 37.2 Å². The Morgan fingerprint density at radius 3 is 2.71 bits per heavy atom. The highest BCUT2D eigenvalue weighted by Gasteiger charge is 2.43. The molecule has 31 heavy (non-hydrogen) atoms. The van der Waals surface area contributed by atoms with E-state index in [9.17, 15) is 9.90 Å². The molecular formula is C21H22N4O5S. The highest BCUT2D eigenvalue weighted by molar-refractivity contribution is 7.13. The molecule has 2 unspecified atom stereocenters. The van der Waals surface area contributed by atoms with Crippen LogP contribution in [0.5, 0.6) is 5.75 Å². The van der Waals surface area contributed by atoms with Gasteiger partial charge in [-0.15, -0.1) is 11.3 Å². The van der Waals surface area contributed by atoms with Crippen molar-refractivity contribution in [2.75, 3.05) is 37.8 Å². The van der Waals surface area contributed by atoms with Crippen LogP contribution in [0.2, 0.25) is 0 Å². The Morgan fingerprint density at radius 2 is 2.06 bits per heavy atom. The van der Waals surface area contributed by atoms with Crippen molar-refractivity contribution in [3.8, 4) is 16.3 Å². The minimum Gasteiger partial charge on any atom is -0.493 e. The molecule has 2 aromatic heterocycles. The number of fused-ring (bicyclic) bond motifs is 3. The molecule has 0 spiro atoms. The van der Waals surface area contributed by atoms with Gasteiger partial charge in [-0.3, -0.25) is 4.90 Å². The molecule has 3 saturated heterocycles.